The molecule has 9 heteroatoms. The highest BCUT2D eigenvalue weighted by molar-refractivity contribution is 6.16. The number of carbonyl (C=O) groups excluding carboxylic acids is 1. The predicted molar refractivity (Wildman–Crippen MR) is 184 cm³/mol. The molecule has 0 bridgehead atoms. The Labute approximate surface area is 272 Å². The summed E-state index contributed by atoms with van der Waals surface area (Å²) in [6.45, 7) is 9.68. The largest absolute Gasteiger partial charge is 0.356 e. The number of carbonyl (C=O) groups is 1. The average Bonchev–Trinajstić information content (AvgIpc) is 3.89. The number of benzene rings is 1. The van der Waals surface area contributed by atoms with Crippen LogP contribution < -0.4 is 15.1 Å². The number of hydrogen-bond acceptors (Lipinski definition) is 7. The number of aromatic nitrogens is 3. The van der Waals surface area contributed by atoms with Crippen molar-refractivity contribution in [3.8, 4) is 0 Å². The molecule has 3 saturated heterocycles. The standard InChI is InChI=1S/C37H48N8O/c1-2-37-15-9-18-43-19-14-28-27-12-5-6-13-29(27)45(33(28)34(37)43)30(25-37)35(46)44-22-20-42(21-23-44)32-24-31(41-16-7-8-17-41)39-36(40-32)38-26-10-3-4-11-26/h5-6,12-13,24-26,34H,2-4,7-11,14-23H2,1H3,(H,38,39,40)/t34-,37+/m1/s1. The van der Waals surface area contributed by atoms with Crippen molar-refractivity contribution in [2.75, 3.05) is 67.5 Å². The Hall–Kier alpha value is -3.59. The summed E-state index contributed by atoms with van der Waals surface area (Å²) in [5.41, 5.74) is 4.96. The molecule has 4 fully saturated rings. The maximum absolute atomic E-state index is 14.7. The van der Waals surface area contributed by atoms with Crippen LogP contribution in [0.1, 0.15) is 82.0 Å². The maximum atomic E-state index is 14.7. The first-order chi connectivity index (χ1) is 22.6. The molecule has 242 valence electrons. The minimum atomic E-state index is 0.0141. The fraction of sp³-hybridized carbons (Fsp3) is 0.595. The van der Waals surface area contributed by atoms with Gasteiger partial charge >= 0.3 is 0 Å². The number of anilines is 3. The summed E-state index contributed by atoms with van der Waals surface area (Å²) < 4.78 is 2.38. The number of amides is 1. The fourth-order valence-electron chi connectivity index (χ4n) is 9.75. The third-order valence-electron chi connectivity index (χ3n) is 12.2. The summed E-state index contributed by atoms with van der Waals surface area (Å²) in [6, 6.07) is 11.8. The van der Waals surface area contributed by atoms with Crippen LogP contribution in [0.15, 0.2) is 36.4 Å². The summed E-state index contributed by atoms with van der Waals surface area (Å²) in [7, 11) is 0. The first-order valence-corrected chi connectivity index (χ1v) is 18.2. The van der Waals surface area contributed by atoms with Crippen LogP contribution in [0.5, 0.6) is 0 Å². The van der Waals surface area contributed by atoms with Gasteiger partial charge in [0.05, 0.1) is 11.6 Å². The molecule has 2 aromatic heterocycles. The van der Waals surface area contributed by atoms with Crippen LogP contribution in [0.25, 0.3) is 16.6 Å². The van der Waals surface area contributed by atoms with Crippen molar-refractivity contribution in [2.45, 2.75) is 83.2 Å². The molecule has 2 atom stereocenters. The van der Waals surface area contributed by atoms with Crippen LogP contribution in [0.3, 0.4) is 0 Å². The number of para-hydroxylation sites is 1. The minimum Gasteiger partial charge on any atom is -0.356 e. The molecule has 46 heavy (non-hydrogen) atoms. The summed E-state index contributed by atoms with van der Waals surface area (Å²) in [4.78, 5) is 34.3. The normalized spacial score (nSPS) is 26.5. The van der Waals surface area contributed by atoms with Gasteiger partial charge in [-0.25, -0.2) is 0 Å². The fourth-order valence-corrected chi connectivity index (χ4v) is 9.75. The molecule has 1 aliphatic carbocycles. The number of hydrogen-bond donors (Lipinski definition) is 1. The van der Waals surface area contributed by atoms with E-state index in [4.69, 9.17) is 9.97 Å². The molecule has 7 heterocycles. The number of piperazine rings is 1. The smallest absolute Gasteiger partial charge is 0.270 e. The molecule has 5 aliphatic heterocycles. The van der Waals surface area contributed by atoms with Gasteiger partial charge in [0, 0.05) is 74.4 Å². The van der Waals surface area contributed by atoms with E-state index in [0.717, 1.165) is 81.8 Å². The van der Waals surface area contributed by atoms with E-state index in [1.165, 1.54) is 67.1 Å². The second-order valence-corrected chi connectivity index (χ2v) is 14.6. The van der Waals surface area contributed by atoms with Gasteiger partial charge in [-0.05, 0) is 75.6 Å². The van der Waals surface area contributed by atoms with E-state index in [0.29, 0.717) is 25.2 Å². The number of rotatable bonds is 6. The number of nitrogens with zero attached hydrogens (tertiary/aromatic N) is 7. The van der Waals surface area contributed by atoms with E-state index in [-0.39, 0.29) is 11.3 Å². The number of nitrogens with one attached hydrogen (secondary N) is 1. The van der Waals surface area contributed by atoms with Gasteiger partial charge in [-0.2, -0.15) is 9.97 Å². The SMILES string of the molecule is CC[C@@]12C=C(C(=O)N3CCN(c4cc(N5CCCC5)nc(NC5CCCC5)n4)CC3)n3c4c(c5ccccc53)CCN(CCC1)[C@H]42. The molecule has 1 amide bonds. The zero-order valence-electron chi connectivity index (χ0n) is 27.4. The summed E-state index contributed by atoms with van der Waals surface area (Å²) in [6.07, 6.45) is 14.3. The van der Waals surface area contributed by atoms with Crippen molar-refractivity contribution in [3.05, 3.63) is 47.7 Å². The Bertz CT molecular complexity index is 1680. The second kappa shape index (κ2) is 11.3. The molecule has 3 aromatic rings. The lowest BCUT2D eigenvalue weighted by Gasteiger charge is -2.53. The van der Waals surface area contributed by atoms with Crippen molar-refractivity contribution >= 4 is 40.1 Å². The zero-order valence-corrected chi connectivity index (χ0v) is 27.4. The molecular weight excluding hydrogens is 572 g/mol. The van der Waals surface area contributed by atoms with E-state index in [1.807, 2.05) is 0 Å². The minimum absolute atomic E-state index is 0.0141. The predicted octanol–water partition coefficient (Wildman–Crippen LogP) is 5.68. The Morgan fingerprint density at radius 2 is 1.63 bits per heavy atom. The third-order valence-corrected chi connectivity index (χ3v) is 12.2. The molecule has 1 saturated carbocycles. The van der Waals surface area contributed by atoms with Crippen LogP contribution in [0.2, 0.25) is 0 Å². The van der Waals surface area contributed by atoms with E-state index in [1.54, 1.807) is 0 Å². The summed E-state index contributed by atoms with van der Waals surface area (Å²) in [5.74, 6) is 2.98. The first-order valence-electron chi connectivity index (χ1n) is 18.2. The van der Waals surface area contributed by atoms with Gasteiger partial charge < -0.3 is 24.6 Å². The molecule has 1 N–H and O–H groups in total. The van der Waals surface area contributed by atoms with E-state index >= 15 is 0 Å². The van der Waals surface area contributed by atoms with Crippen molar-refractivity contribution in [2.24, 2.45) is 5.41 Å². The molecule has 9 rings (SSSR count). The highest BCUT2D eigenvalue weighted by atomic mass is 16.2. The monoisotopic (exact) mass is 620 g/mol. The van der Waals surface area contributed by atoms with Gasteiger partial charge in [-0.1, -0.05) is 38.0 Å². The van der Waals surface area contributed by atoms with Crippen molar-refractivity contribution < 1.29 is 4.79 Å². The van der Waals surface area contributed by atoms with E-state index in [9.17, 15) is 4.79 Å². The van der Waals surface area contributed by atoms with Gasteiger partial charge in [-0.3, -0.25) is 9.69 Å². The summed E-state index contributed by atoms with van der Waals surface area (Å²) >= 11 is 0. The molecule has 6 aliphatic rings. The highest BCUT2D eigenvalue weighted by Gasteiger charge is 2.51. The Morgan fingerprint density at radius 3 is 2.39 bits per heavy atom. The third kappa shape index (κ3) is 4.55. The number of fused-ring (bicyclic) bond motifs is 3. The zero-order chi connectivity index (χ0) is 30.8. The number of piperidine rings is 1. The van der Waals surface area contributed by atoms with E-state index < -0.39 is 0 Å². The topological polar surface area (TPSA) is 72.8 Å². The Morgan fingerprint density at radius 1 is 0.891 bits per heavy atom. The summed E-state index contributed by atoms with van der Waals surface area (Å²) in [5, 5.41) is 5.00. The first kappa shape index (κ1) is 28.6. The lowest BCUT2D eigenvalue weighted by molar-refractivity contribution is -0.125. The quantitative estimate of drug-likeness (QED) is 0.380. The Balaban J connectivity index is 1.01. The van der Waals surface area contributed by atoms with Crippen LogP contribution in [-0.4, -0.2) is 88.6 Å². The maximum Gasteiger partial charge on any atom is 0.270 e. The van der Waals surface area contributed by atoms with Crippen molar-refractivity contribution in [1.82, 2.24) is 24.3 Å². The second-order valence-electron chi connectivity index (χ2n) is 14.6. The molecule has 1 aromatic carbocycles. The van der Waals surface area contributed by atoms with Gasteiger partial charge in [-0.15, -0.1) is 0 Å². The Kier molecular flexibility index (Phi) is 7.02. The van der Waals surface area contributed by atoms with Crippen LogP contribution >= 0.6 is 0 Å². The molecule has 9 nitrogen and oxygen atoms in total. The van der Waals surface area contributed by atoms with Crippen LogP contribution in [-0.2, 0) is 11.2 Å². The van der Waals surface area contributed by atoms with Gasteiger partial charge in [0.25, 0.3) is 5.91 Å². The molecule has 0 unspecified atom stereocenters. The lowest BCUT2D eigenvalue weighted by Crippen LogP contribution is -2.53. The van der Waals surface area contributed by atoms with Crippen molar-refractivity contribution in [1.29, 1.82) is 0 Å². The molecular formula is C37H48N8O. The molecule has 0 spiro atoms. The average molecular weight is 621 g/mol. The van der Waals surface area contributed by atoms with Gasteiger partial charge in [0.15, 0.2) is 0 Å². The molecule has 0 radical (unpaired) electrons. The van der Waals surface area contributed by atoms with Crippen LogP contribution in [0.4, 0.5) is 17.6 Å². The van der Waals surface area contributed by atoms with Gasteiger partial charge in [0.2, 0.25) is 5.95 Å². The van der Waals surface area contributed by atoms with Crippen molar-refractivity contribution in [3.63, 3.8) is 0 Å². The van der Waals surface area contributed by atoms with E-state index in [2.05, 4.69) is 72.8 Å². The highest BCUT2D eigenvalue weighted by Crippen LogP contribution is 2.57. The van der Waals surface area contributed by atoms with Crippen LogP contribution in [0, 0.1) is 5.41 Å². The lowest BCUT2D eigenvalue weighted by atomic mass is 9.66. The van der Waals surface area contributed by atoms with Gasteiger partial charge in [0.1, 0.15) is 17.3 Å².